The maximum atomic E-state index is 14.1. The summed E-state index contributed by atoms with van der Waals surface area (Å²) in [5.74, 6) is -1.02. The number of aliphatic hydroxyl groups excluding tert-OH is 1. The number of halogens is 1. The van der Waals surface area contributed by atoms with Crippen LogP contribution in [0, 0.1) is 11.8 Å². The Kier molecular flexibility index (Phi) is 12.1. The first-order valence-electron chi connectivity index (χ1n) is 16.7. The number of amides is 3. The molecule has 1 saturated heterocycles. The predicted octanol–water partition coefficient (Wildman–Crippen LogP) is 3.74. The van der Waals surface area contributed by atoms with E-state index in [9.17, 15) is 27.9 Å². The standard InChI is InChI=1S/C35H51ClN4O7S/c1-34(2,3)39-31(42)26-19-23-14-10-11-15-24(23)20-40(26)21-27(41)25(18-22-12-8-7-9-13-22)37-33(44)30(35(4,5)48(6,45)46)38-32(43)28-16-17-29(36)47-28/h7-9,12-13,16-17,23-27,30,41H,10-11,14-15,18-21H2,1-6H3,(H,37,44)(H,38,43)(H,39,42)/t23-,24+,25-,26-,27+,30+/m0/s1. The second-order valence-corrected chi connectivity index (χ2v) is 18.0. The number of carbonyl (C=O) groups excluding carboxylic acids is 3. The smallest absolute Gasteiger partial charge is 0.287 e. The summed E-state index contributed by atoms with van der Waals surface area (Å²) in [6.45, 7) is 9.30. The van der Waals surface area contributed by atoms with Crippen LogP contribution in [0.1, 0.15) is 82.8 Å². The van der Waals surface area contributed by atoms with Gasteiger partial charge in [-0.2, -0.15) is 0 Å². The van der Waals surface area contributed by atoms with Gasteiger partial charge in [-0.25, -0.2) is 8.42 Å². The Balaban J connectivity index is 1.62. The molecule has 1 aliphatic heterocycles. The highest BCUT2D eigenvalue weighted by Gasteiger charge is 2.46. The summed E-state index contributed by atoms with van der Waals surface area (Å²) in [4.78, 5) is 42.8. The maximum absolute atomic E-state index is 14.1. The molecule has 1 aromatic carbocycles. The number of piperidine rings is 1. The van der Waals surface area contributed by atoms with Crippen molar-refractivity contribution in [3.8, 4) is 0 Å². The third-order valence-electron chi connectivity index (χ3n) is 9.80. The molecule has 1 aliphatic carbocycles. The van der Waals surface area contributed by atoms with Gasteiger partial charge in [0.05, 0.1) is 22.9 Å². The summed E-state index contributed by atoms with van der Waals surface area (Å²) in [5.41, 5.74) is 0.407. The number of hydrogen-bond acceptors (Lipinski definition) is 8. The Labute approximate surface area is 289 Å². The first-order chi connectivity index (χ1) is 22.4. The molecule has 2 fully saturated rings. The van der Waals surface area contributed by atoms with E-state index in [1.807, 2.05) is 56.0 Å². The Hall–Kier alpha value is -2.93. The van der Waals surface area contributed by atoms with Gasteiger partial charge in [0.1, 0.15) is 6.04 Å². The van der Waals surface area contributed by atoms with Crippen LogP contribution in [0.4, 0.5) is 0 Å². The van der Waals surface area contributed by atoms with Crippen LogP contribution in [-0.2, 0) is 25.8 Å². The van der Waals surface area contributed by atoms with Crippen molar-refractivity contribution in [2.75, 3.05) is 19.3 Å². The highest BCUT2D eigenvalue weighted by atomic mass is 35.5. The molecule has 11 nitrogen and oxygen atoms in total. The van der Waals surface area contributed by atoms with Crippen LogP contribution in [0.3, 0.4) is 0 Å². The predicted molar refractivity (Wildman–Crippen MR) is 185 cm³/mol. The Bertz CT molecular complexity index is 1540. The molecule has 0 spiro atoms. The number of nitrogens with zero attached hydrogens (tertiary/aromatic N) is 1. The van der Waals surface area contributed by atoms with Gasteiger partial charge in [0.25, 0.3) is 5.91 Å². The molecule has 0 bridgehead atoms. The first-order valence-corrected chi connectivity index (χ1v) is 19.0. The zero-order valence-electron chi connectivity index (χ0n) is 28.8. The van der Waals surface area contributed by atoms with Crippen LogP contribution in [0.5, 0.6) is 0 Å². The summed E-state index contributed by atoms with van der Waals surface area (Å²) in [7, 11) is -3.90. The fourth-order valence-corrected chi connectivity index (χ4v) is 7.56. The summed E-state index contributed by atoms with van der Waals surface area (Å²) < 4.78 is 29.3. The fourth-order valence-electron chi connectivity index (χ4n) is 6.82. The van der Waals surface area contributed by atoms with Crippen LogP contribution in [0.25, 0.3) is 0 Å². The number of carbonyl (C=O) groups is 3. The van der Waals surface area contributed by atoms with Crippen LogP contribution in [-0.4, -0.2) is 90.0 Å². The minimum Gasteiger partial charge on any atom is -0.440 e. The molecule has 4 N–H and O–H groups in total. The van der Waals surface area contributed by atoms with E-state index < -0.39 is 56.2 Å². The normalized spacial score (nSPS) is 22.5. The van der Waals surface area contributed by atoms with E-state index in [4.69, 9.17) is 16.0 Å². The van der Waals surface area contributed by atoms with Crippen molar-refractivity contribution in [1.29, 1.82) is 0 Å². The monoisotopic (exact) mass is 706 g/mol. The Morgan fingerprint density at radius 3 is 2.23 bits per heavy atom. The Morgan fingerprint density at radius 1 is 1.00 bits per heavy atom. The summed E-state index contributed by atoms with van der Waals surface area (Å²) >= 11 is 5.85. The minimum atomic E-state index is -3.90. The maximum Gasteiger partial charge on any atom is 0.287 e. The number of furan rings is 1. The second kappa shape index (κ2) is 15.3. The molecule has 6 atom stereocenters. The van der Waals surface area contributed by atoms with Crippen molar-refractivity contribution < 1.29 is 32.3 Å². The van der Waals surface area contributed by atoms with Crippen molar-refractivity contribution in [2.45, 2.75) is 108 Å². The molecule has 0 radical (unpaired) electrons. The van der Waals surface area contributed by atoms with Crippen LogP contribution in [0.2, 0.25) is 5.22 Å². The number of sulfone groups is 1. The van der Waals surface area contributed by atoms with E-state index in [1.54, 1.807) is 0 Å². The number of fused-ring (bicyclic) bond motifs is 1. The van der Waals surface area contributed by atoms with Gasteiger partial charge >= 0.3 is 0 Å². The largest absolute Gasteiger partial charge is 0.440 e. The zero-order chi connectivity index (χ0) is 35.4. The molecule has 3 amide bonds. The molecular weight excluding hydrogens is 656 g/mol. The van der Waals surface area contributed by atoms with Gasteiger partial charge in [0, 0.05) is 24.9 Å². The summed E-state index contributed by atoms with van der Waals surface area (Å²) in [5, 5.41) is 20.4. The van der Waals surface area contributed by atoms with Crippen molar-refractivity contribution in [1.82, 2.24) is 20.9 Å². The van der Waals surface area contributed by atoms with Crippen molar-refractivity contribution in [3.05, 3.63) is 59.0 Å². The molecule has 2 aromatic rings. The number of β-amino-alcohol motifs (C(OH)–C–C–N with tert-alkyl or cyclic N) is 1. The highest BCUT2D eigenvalue weighted by molar-refractivity contribution is 7.92. The third kappa shape index (κ3) is 9.61. The van der Waals surface area contributed by atoms with Crippen molar-refractivity contribution >= 4 is 39.2 Å². The third-order valence-corrected chi connectivity index (χ3v) is 12.2. The lowest BCUT2D eigenvalue weighted by Crippen LogP contribution is -2.64. The molecular formula is C35H51ClN4O7S. The molecule has 2 heterocycles. The van der Waals surface area contributed by atoms with Gasteiger partial charge in [-0.05, 0) is 95.0 Å². The topological polar surface area (TPSA) is 158 Å². The number of likely N-dealkylation sites (tertiary alicyclic amines) is 1. The molecule has 2 aliphatic rings. The molecule has 266 valence electrons. The zero-order valence-corrected chi connectivity index (χ0v) is 30.4. The van der Waals surface area contributed by atoms with Crippen LogP contribution < -0.4 is 16.0 Å². The van der Waals surface area contributed by atoms with Gasteiger partial charge in [0.2, 0.25) is 11.8 Å². The molecule has 4 rings (SSSR count). The van der Waals surface area contributed by atoms with Gasteiger partial charge in [-0.15, -0.1) is 0 Å². The number of hydrogen-bond donors (Lipinski definition) is 4. The van der Waals surface area contributed by atoms with E-state index in [2.05, 4.69) is 16.0 Å². The van der Waals surface area contributed by atoms with Crippen LogP contribution >= 0.6 is 11.6 Å². The summed E-state index contributed by atoms with van der Waals surface area (Å²) in [6, 6.07) is 9.12. The Morgan fingerprint density at radius 2 is 1.65 bits per heavy atom. The average molecular weight is 707 g/mol. The van der Waals surface area contributed by atoms with E-state index >= 15 is 0 Å². The first kappa shape index (κ1) is 37.9. The second-order valence-electron chi connectivity index (χ2n) is 15.0. The van der Waals surface area contributed by atoms with Crippen molar-refractivity contribution in [3.63, 3.8) is 0 Å². The average Bonchev–Trinajstić information content (AvgIpc) is 3.44. The number of benzene rings is 1. The number of rotatable bonds is 12. The quantitative estimate of drug-likeness (QED) is 0.260. The lowest BCUT2D eigenvalue weighted by atomic mass is 9.72. The molecule has 48 heavy (non-hydrogen) atoms. The van der Waals surface area contributed by atoms with Gasteiger partial charge in [-0.1, -0.05) is 49.6 Å². The minimum absolute atomic E-state index is 0.0404. The van der Waals surface area contributed by atoms with E-state index in [0.717, 1.165) is 37.5 Å². The molecule has 13 heteroatoms. The summed E-state index contributed by atoms with van der Waals surface area (Å²) in [6.07, 6.45) is 5.21. The lowest BCUT2D eigenvalue weighted by molar-refractivity contribution is -0.133. The SMILES string of the molecule is CC(C)(C)NC(=O)[C@@H]1C[C@@H]2CCCC[C@@H]2CN1C[C@@H](O)[C@H](Cc1ccccc1)NC(=O)[C@@H](NC(=O)c1ccc(Cl)o1)C(C)(C)S(C)(=O)=O. The lowest BCUT2D eigenvalue weighted by Gasteiger charge is -2.47. The van der Waals surface area contributed by atoms with E-state index in [1.165, 1.54) is 26.0 Å². The van der Waals surface area contributed by atoms with Crippen molar-refractivity contribution in [2.24, 2.45) is 11.8 Å². The van der Waals surface area contributed by atoms with Gasteiger partial charge in [0.15, 0.2) is 20.8 Å². The fraction of sp³-hybridized carbons (Fsp3) is 0.629. The molecule has 0 unspecified atom stereocenters. The van der Waals surface area contributed by atoms with Crippen LogP contribution in [0.15, 0.2) is 46.9 Å². The molecule has 1 saturated carbocycles. The highest BCUT2D eigenvalue weighted by Crippen LogP contribution is 2.39. The molecule has 1 aromatic heterocycles. The van der Waals surface area contributed by atoms with E-state index in [0.29, 0.717) is 24.8 Å². The van der Waals surface area contributed by atoms with E-state index in [-0.39, 0.29) is 29.9 Å². The number of nitrogens with one attached hydrogen (secondary N) is 3. The van der Waals surface area contributed by atoms with Gasteiger partial charge in [-0.3, -0.25) is 19.3 Å². The number of aliphatic hydroxyl groups is 1. The van der Waals surface area contributed by atoms with Gasteiger partial charge < -0.3 is 25.5 Å².